The predicted octanol–water partition coefficient (Wildman–Crippen LogP) is 3.10. The Bertz CT molecular complexity index is 629. The Labute approximate surface area is 123 Å². The molecule has 5 heteroatoms. The first-order valence-corrected chi connectivity index (χ1v) is 7.82. The minimum absolute atomic E-state index is 0.198. The van der Waals surface area contributed by atoms with Gasteiger partial charge < -0.3 is 9.47 Å². The molecule has 2 aromatic rings. The molecule has 0 unspecified atom stereocenters. The molecule has 106 valence electrons. The number of hydrogen-bond donors (Lipinski definition) is 0. The van der Waals surface area contributed by atoms with Crippen LogP contribution in [0.1, 0.15) is 31.9 Å². The van der Waals surface area contributed by atoms with Gasteiger partial charge in [-0.2, -0.15) is 0 Å². The molecular weight excluding hydrogens is 270 g/mol. The van der Waals surface area contributed by atoms with Gasteiger partial charge in [0.15, 0.2) is 5.82 Å². The van der Waals surface area contributed by atoms with Crippen LogP contribution in [0.2, 0.25) is 0 Å². The summed E-state index contributed by atoms with van der Waals surface area (Å²) >= 11 is 1.71. The van der Waals surface area contributed by atoms with Crippen LogP contribution in [0.15, 0.2) is 23.8 Å². The molecule has 20 heavy (non-hydrogen) atoms. The smallest absolute Gasteiger partial charge is 0.225 e. The summed E-state index contributed by atoms with van der Waals surface area (Å²) in [4.78, 5) is 19.7. The van der Waals surface area contributed by atoms with Crippen LogP contribution < -0.4 is 0 Å². The lowest BCUT2D eigenvalue weighted by molar-refractivity contribution is -0.129. The van der Waals surface area contributed by atoms with E-state index in [0.717, 1.165) is 12.4 Å². The van der Waals surface area contributed by atoms with Gasteiger partial charge in [-0.1, -0.05) is 0 Å². The molecule has 1 atom stereocenters. The maximum Gasteiger partial charge on any atom is 0.225 e. The second kappa shape index (κ2) is 5.05. The quantitative estimate of drug-likeness (QED) is 0.871. The third-order valence-corrected chi connectivity index (χ3v) is 4.90. The van der Waals surface area contributed by atoms with Crippen LogP contribution in [-0.2, 0) is 4.79 Å². The average molecular weight is 289 g/mol. The zero-order valence-electron chi connectivity index (χ0n) is 12.0. The third-order valence-electron chi connectivity index (χ3n) is 3.89. The number of aryl methyl sites for hydroxylation is 1. The molecule has 1 aliphatic rings. The third kappa shape index (κ3) is 2.16. The Morgan fingerprint density at radius 3 is 2.85 bits per heavy atom. The van der Waals surface area contributed by atoms with Crippen LogP contribution in [0.5, 0.6) is 0 Å². The number of imidazole rings is 1. The fourth-order valence-corrected chi connectivity index (χ4v) is 3.71. The molecule has 1 fully saturated rings. The zero-order valence-corrected chi connectivity index (χ0v) is 12.9. The summed E-state index contributed by atoms with van der Waals surface area (Å²) in [6.07, 6.45) is 4.40. The van der Waals surface area contributed by atoms with Crippen molar-refractivity contribution in [1.29, 1.82) is 0 Å². The van der Waals surface area contributed by atoms with Crippen LogP contribution in [-0.4, -0.2) is 32.9 Å². The van der Waals surface area contributed by atoms with Gasteiger partial charge in [0.1, 0.15) is 0 Å². The van der Waals surface area contributed by atoms with Crippen LogP contribution in [0.3, 0.4) is 0 Å². The zero-order chi connectivity index (χ0) is 14.3. The fourth-order valence-electron chi connectivity index (χ4n) is 2.78. The van der Waals surface area contributed by atoms with Crippen molar-refractivity contribution in [3.05, 3.63) is 29.4 Å². The van der Waals surface area contributed by atoms with E-state index in [4.69, 9.17) is 0 Å². The molecule has 0 spiro atoms. The number of hydrogen-bond acceptors (Lipinski definition) is 3. The number of thiophene rings is 1. The Morgan fingerprint density at radius 2 is 2.25 bits per heavy atom. The van der Waals surface area contributed by atoms with Crippen molar-refractivity contribution < 1.29 is 4.79 Å². The summed E-state index contributed by atoms with van der Waals surface area (Å²) in [6.45, 7) is 7.02. The summed E-state index contributed by atoms with van der Waals surface area (Å²) in [5.41, 5.74) is 1.24. The van der Waals surface area contributed by atoms with E-state index in [-0.39, 0.29) is 18.0 Å². The van der Waals surface area contributed by atoms with Crippen molar-refractivity contribution in [2.75, 3.05) is 6.54 Å². The Morgan fingerprint density at radius 1 is 1.45 bits per heavy atom. The first kappa shape index (κ1) is 13.4. The summed E-state index contributed by atoms with van der Waals surface area (Å²) in [6, 6.07) is 2.58. The molecule has 0 radical (unpaired) electrons. The molecule has 0 bridgehead atoms. The van der Waals surface area contributed by atoms with Gasteiger partial charge >= 0.3 is 0 Å². The fraction of sp³-hybridized carbons (Fsp3) is 0.467. The Hall–Kier alpha value is -1.62. The van der Waals surface area contributed by atoms with E-state index in [9.17, 15) is 4.79 Å². The lowest BCUT2D eigenvalue weighted by Gasteiger charge is -2.21. The molecule has 0 N–H and O–H groups in total. The van der Waals surface area contributed by atoms with Gasteiger partial charge in [-0.3, -0.25) is 4.79 Å². The van der Waals surface area contributed by atoms with Gasteiger partial charge in [0.25, 0.3) is 0 Å². The predicted molar refractivity (Wildman–Crippen MR) is 80.8 cm³/mol. The first-order chi connectivity index (χ1) is 9.58. The van der Waals surface area contributed by atoms with Crippen LogP contribution >= 0.6 is 11.3 Å². The summed E-state index contributed by atoms with van der Waals surface area (Å²) < 4.78 is 2.17. The monoisotopic (exact) mass is 289 g/mol. The van der Waals surface area contributed by atoms with Crippen LogP contribution in [0.4, 0.5) is 0 Å². The highest BCUT2D eigenvalue weighted by atomic mass is 32.1. The summed E-state index contributed by atoms with van der Waals surface area (Å²) in [7, 11) is 0. The van der Waals surface area contributed by atoms with Crippen molar-refractivity contribution in [2.24, 2.45) is 0 Å². The van der Waals surface area contributed by atoms with E-state index < -0.39 is 0 Å². The van der Waals surface area contributed by atoms with E-state index in [2.05, 4.69) is 41.8 Å². The molecule has 3 rings (SSSR count). The van der Waals surface area contributed by atoms with E-state index in [1.54, 1.807) is 11.3 Å². The Balaban J connectivity index is 1.92. The van der Waals surface area contributed by atoms with Gasteiger partial charge in [-0.25, -0.2) is 4.98 Å². The highest BCUT2D eigenvalue weighted by molar-refractivity contribution is 7.13. The lowest BCUT2D eigenvalue weighted by atomic mass is 10.2. The van der Waals surface area contributed by atoms with E-state index in [1.807, 2.05) is 17.3 Å². The van der Waals surface area contributed by atoms with Crippen molar-refractivity contribution in [2.45, 2.75) is 39.3 Å². The molecule has 0 aliphatic carbocycles. The van der Waals surface area contributed by atoms with Crippen LogP contribution in [0.25, 0.3) is 10.7 Å². The molecule has 0 aromatic carbocycles. The van der Waals surface area contributed by atoms with Crippen molar-refractivity contribution in [1.82, 2.24) is 14.5 Å². The maximum absolute atomic E-state index is 12.1. The topological polar surface area (TPSA) is 38.1 Å². The normalized spacial score (nSPS) is 19.3. The molecule has 1 aliphatic heterocycles. The molecule has 1 saturated heterocycles. The van der Waals surface area contributed by atoms with Gasteiger partial charge in [0.05, 0.1) is 10.9 Å². The highest BCUT2D eigenvalue weighted by Gasteiger charge is 2.33. The number of carbonyl (C=O) groups excluding carboxylic acids is 1. The molecule has 1 amide bonds. The molecule has 3 heterocycles. The van der Waals surface area contributed by atoms with Gasteiger partial charge in [-0.15, -0.1) is 11.3 Å². The molecule has 0 saturated carbocycles. The minimum atomic E-state index is 0.198. The first-order valence-electron chi connectivity index (χ1n) is 6.94. The molecule has 4 nitrogen and oxygen atoms in total. The number of carbonyl (C=O) groups is 1. The number of amides is 1. The second-order valence-corrected chi connectivity index (χ2v) is 6.50. The number of rotatable bonds is 3. The van der Waals surface area contributed by atoms with Gasteiger partial charge in [-0.05, 0) is 37.8 Å². The number of aromatic nitrogens is 2. The largest absolute Gasteiger partial charge is 0.338 e. The van der Waals surface area contributed by atoms with Crippen molar-refractivity contribution >= 4 is 17.2 Å². The second-order valence-electron chi connectivity index (χ2n) is 5.59. The molecule has 2 aromatic heterocycles. The molecular formula is C15H19N3OS. The van der Waals surface area contributed by atoms with E-state index in [0.29, 0.717) is 6.42 Å². The highest BCUT2D eigenvalue weighted by Crippen LogP contribution is 2.33. The van der Waals surface area contributed by atoms with Crippen molar-refractivity contribution in [3.8, 4) is 10.7 Å². The SMILES string of the molecule is Cc1ccsc1-c1nccn1[C@@H]1CC(=O)N(C(C)C)C1. The standard InChI is InChI=1S/C15H19N3OS/c1-10(2)18-9-12(8-13(18)19)17-6-5-16-15(17)14-11(3)4-7-20-14/h4-7,10,12H,8-9H2,1-3H3/t12-/m1/s1. The van der Waals surface area contributed by atoms with Gasteiger partial charge in [0, 0.05) is 31.4 Å². The summed E-state index contributed by atoms with van der Waals surface area (Å²) in [5, 5.41) is 2.09. The van der Waals surface area contributed by atoms with E-state index in [1.165, 1.54) is 10.4 Å². The van der Waals surface area contributed by atoms with Crippen LogP contribution in [0, 0.1) is 6.92 Å². The lowest BCUT2D eigenvalue weighted by Crippen LogP contribution is -2.32. The minimum Gasteiger partial charge on any atom is -0.338 e. The van der Waals surface area contributed by atoms with Gasteiger partial charge in [0.2, 0.25) is 5.91 Å². The summed E-state index contributed by atoms with van der Waals surface area (Å²) in [5.74, 6) is 1.23. The average Bonchev–Trinajstić information content (AvgIpc) is 3.06. The van der Waals surface area contributed by atoms with Crippen molar-refractivity contribution in [3.63, 3.8) is 0 Å². The Kier molecular flexibility index (Phi) is 3.38. The number of likely N-dealkylation sites (tertiary alicyclic amines) is 1. The number of nitrogens with zero attached hydrogens (tertiary/aromatic N) is 3. The van der Waals surface area contributed by atoms with E-state index >= 15 is 0 Å². The maximum atomic E-state index is 12.1.